The van der Waals surface area contributed by atoms with Gasteiger partial charge in [-0.1, -0.05) is 18.2 Å². The van der Waals surface area contributed by atoms with Crippen molar-refractivity contribution in [3.63, 3.8) is 0 Å². The van der Waals surface area contributed by atoms with Gasteiger partial charge in [0.05, 0.1) is 6.61 Å². The number of hydrogen-bond acceptors (Lipinski definition) is 3. The summed E-state index contributed by atoms with van der Waals surface area (Å²) in [5, 5.41) is 3.25. The predicted molar refractivity (Wildman–Crippen MR) is 104 cm³/mol. The fraction of sp³-hybridized carbons (Fsp3) is 0.409. The number of anilines is 1. The Balaban J connectivity index is 1.31. The average molecular weight is 368 g/mol. The molecule has 0 aliphatic carbocycles. The summed E-state index contributed by atoms with van der Waals surface area (Å²) in [6, 6.07) is 14.8. The van der Waals surface area contributed by atoms with Crippen molar-refractivity contribution in [1.82, 2.24) is 5.32 Å². The molecule has 0 aromatic heterocycles. The summed E-state index contributed by atoms with van der Waals surface area (Å²) in [6.07, 6.45) is 3.29. The first-order chi connectivity index (χ1) is 13.2. The highest BCUT2D eigenvalue weighted by Gasteiger charge is 2.27. The zero-order valence-corrected chi connectivity index (χ0v) is 15.4. The zero-order valence-electron chi connectivity index (χ0n) is 15.4. The average Bonchev–Trinajstić information content (AvgIpc) is 2.92. The van der Waals surface area contributed by atoms with Gasteiger partial charge >= 0.3 is 0 Å². The van der Waals surface area contributed by atoms with Crippen LogP contribution in [0.3, 0.4) is 0 Å². The lowest BCUT2D eigenvalue weighted by Crippen LogP contribution is -2.46. The van der Waals surface area contributed by atoms with Crippen LogP contribution in [0.25, 0.3) is 0 Å². The summed E-state index contributed by atoms with van der Waals surface area (Å²) in [5.74, 6) is 0.787. The van der Waals surface area contributed by atoms with Gasteiger partial charge in [0.15, 0.2) is 0 Å². The van der Waals surface area contributed by atoms with Crippen molar-refractivity contribution in [2.24, 2.45) is 5.92 Å². The topological polar surface area (TPSA) is 41.6 Å². The van der Waals surface area contributed by atoms with E-state index in [0.29, 0.717) is 6.61 Å². The van der Waals surface area contributed by atoms with E-state index in [1.54, 1.807) is 0 Å². The molecule has 142 valence electrons. The summed E-state index contributed by atoms with van der Waals surface area (Å²) >= 11 is 0. The minimum absolute atomic E-state index is 0.0382. The van der Waals surface area contributed by atoms with Crippen LogP contribution >= 0.6 is 0 Å². The van der Waals surface area contributed by atoms with Crippen molar-refractivity contribution in [1.29, 1.82) is 0 Å². The normalized spacial score (nSPS) is 20.3. The molecular formula is C22H25FN2O2. The number of nitrogens with zero attached hydrogens (tertiary/aromatic N) is 1. The van der Waals surface area contributed by atoms with Gasteiger partial charge in [-0.05, 0) is 61.6 Å². The molecule has 2 heterocycles. The van der Waals surface area contributed by atoms with Gasteiger partial charge < -0.3 is 15.0 Å². The number of piperidine rings is 1. The van der Waals surface area contributed by atoms with Crippen LogP contribution in [0, 0.1) is 11.7 Å². The molecule has 0 bridgehead atoms. The van der Waals surface area contributed by atoms with E-state index in [9.17, 15) is 9.18 Å². The molecular weight excluding hydrogens is 343 g/mol. The summed E-state index contributed by atoms with van der Waals surface area (Å²) in [5.41, 5.74) is 2.15. The molecule has 1 fully saturated rings. The van der Waals surface area contributed by atoms with E-state index in [-0.39, 0.29) is 23.7 Å². The molecule has 0 spiro atoms. The number of fused-ring (bicyclic) bond motifs is 1. The second kappa shape index (κ2) is 7.99. The van der Waals surface area contributed by atoms with Gasteiger partial charge in [-0.15, -0.1) is 0 Å². The molecule has 0 radical (unpaired) electrons. The van der Waals surface area contributed by atoms with Gasteiger partial charge in [0.25, 0.3) is 0 Å². The molecule has 2 aliphatic rings. The van der Waals surface area contributed by atoms with Gasteiger partial charge in [-0.25, -0.2) is 4.39 Å². The van der Waals surface area contributed by atoms with Crippen LogP contribution < -0.4 is 15.0 Å². The third-order valence-corrected chi connectivity index (χ3v) is 5.57. The Hall–Kier alpha value is -2.56. The Morgan fingerprint density at radius 1 is 1.04 bits per heavy atom. The van der Waals surface area contributed by atoms with E-state index in [1.165, 1.54) is 12.1 Å². The monoisotopic (exact) mass is 368 g/mol. The molecule has 5 heteroatoms. The Kier molecular flexibility index (Phi) is 5.28. The zero-order chi connectivity index (χ0) is 18.6. The molecule has 2 aromatic carbocycles. The Morgan fingerprint density at radius 2 is 1.78 bits per heavy atom. The van der Waals surface area contributed by atoms with Crippen LogP contribution in [0.1, 0.15) is 24.8 Å². The highest BCUT2D eigenvalue weighted by molar-refractivity contribution is 5.79. The first-order valence-corrected chi connectivity index (χ1v) is 9.70. The van der Waals surface area contributed by atoms with Gasteiger partial charge in [-0.2, -0.15) is 0 Å². The van der Waals surface area contributed by atoms with Gasteiger partial charge in [0.2, 0.25) is 5.91 Å². The Bertz CT molecular complexity index is 785. The predicted octanol–water partition coefficient (Wildman–Crippen LogP) is 3.55. The molecule has 1 atom stereocenters. The highest BCUT2D eigenvalue weighted by Crippen LogP contribution is 2.27. The molecule has 2 aromatic rings. The van der Waals surface area contributed by atoms with Crippen LogP contribution in [-0.4, -0.2) is 31.6 Å². The second-order valence-corrected chi connectivity index (χ2v) is 7.39. The number of hydrogen-bond donors (Lipinski definition) is 1. The number of carbonyl (C=O) groups is 1. The summed E-state index contributed by atoms with van der Waals surface area (Å²) in [4.78, 5) is 15.0. The molecule has 1 saturated heterocycles. The van der Waals surface area contributed by atoms with E-state index in [2.05, 4.69) is 10.2 Å². The smallest absolute Gasteiger partial charge is 0.223 e. The number of halogens is 1. The Labute approximate surface area is 159 Å². The SMILES string of the molecule is O=C(NC1CCN(c2ccc(F)cc2)CC1)C1CCOc2ccccc2C1. The van der Waals surface area contributed by atoms with Crippen LogP contribution in [0.5, 0.6) is 5.75 Å². The Morgan fingerprint density at radius 3 is 2.56 bits per heavy atom. The minimum atomic E-state index is -0.213. The van der Waals surface area contributed by atoms with Crippen molar-refractivity contribution in [2.75, 3.05) is 24.6 Å². The number of para-hydroxylation sites is 1. The maximum absolute atomic E-state index is 13.1. The lowest BCUT2D eigenvalue weighted by molar-refractivity contribution is -0.126. The van der Waals surface area contributed by atoms with Crippen LogP contribution in [0.2, 0.25) is 0 Å². The van der Waals surface area contributed by atoms with Crippen molar-refractivity contribution < 1.29 is 13.9 Å². The van der Waals surface area contributed by atoms with Crippen LogP contribution in [0.15, 0.2) is 48.5 Å². The van der Waals surface area contributed by atoms with Gasteiger partial charge in [-0.3, -0.25) is 4.79 Å². The van der Waals surface area contributed by atoms with Crippen molar-refractivity contribution >= 4 is 11.6 Å². The lowest BCUT2D eigenvalue weighted by Gasteiger charge is -2.34. The maximum Gasteiger partial charge on any atom is 0.223 e. The third kappa shape index (κ3) is 4.24. The number of amides is 1. The highest BCUT2D eigenvalue weighted by atomic mass is 19.1. The number of ether oxygens (including phenoxy) is 1. The van der Waals surface area contributed by atoms with Crippen LogP contribution in [0.4, 0.5) is 10.1 Å². The van der Waals surface area contributed by atoms with E-state index in [1.807, 2.05) is 36.4 Å². The first-order valence-electron chi connectivity index (χ1n) is 9.70. The molecule has 1 unspecified atom stereocenters. The number of rotatable bonds is 3. The fourth-order valence-corrected chi connectivity index (χ4v) is 3.97. The summed E-state index contributed by atoms with van der Waals surface area (Å²) < 4.78 is 18.9. The maximum atomic E-state index is 13.1. The van der Waals surface area contributed by atoms with E-state index < -0.39 is 0 Å². The van der Waals surface area contributed by atoms with E-state index in [0.717, 1.165) is 55.8 Å². The van der Waals surface area contributed by atoms with Gasteiger partial charge in [0, 0.05) is 30.7 Å². The largest absolute Gasteiger partial charge is 0.493 e. The summed E-state index contributed by atoms with van der Waals surface area (Å²) in [7, 11) is 0. The van der Waals surface area contributed by atoms with Crippen molar-refractivity contribution in [2.45, 2.75) is 31.7 Å². The first kappa shape index (κ1) is 17.8. The molecule has 1 amide bonds. The number of carbonyl (C=O) groups excluding carboxylic acids is 1. The molecule has 4 rings (SSSR count). The molecule has 0 saturated carbocycles. The number of benzene rings is 2. The van der Waals surface area contributed by atoms with Crippen molar-refractivity contribution in [3.8, 4) is 5.75 Å². The number of nitrogens with one attached hydrogen (secondary N) is 1. The molecule has 27 heavy (non-hydrogen) atoms. The standard InChI is InChI=1S/C22H25FN2O2/c23-18-5-7-20(8-6-18)25-12-9-19(10-13-25)24-22(26)17-11-14-27-21-4-2-1-3-16(21)15-17/h1-8,17,19H,9-15H2,(H,24,26). The van der Waals surface area contributed by atoms with E-state index >= 15 is 0 Å². The molecule has 1 N–H and O–H groups in total. The summed E-state index contributed by atoms with van der Waals surface area (Å²) in [6.45, 7) is 2.32. The molecule has 4 nitrogen and oxygen atoms in total. The fourth-order valence-electron chi connectivity index (χ4n) is 3.97. The van der Waals surface area contributed by atoms with E-state index in [4.69, 9.17) is 4.74 Å². The minimum Gasteiger partial charge on any atom is -0.493 e. The second-order valence-electron chi connectivity index (χ2n) is 7.39. The molecule has 2 aliphatic heterocycles. The third-order valence-electron chi connectivity index (χ3n) is 5.57. The lowest BCUT2D eigenvalue weighted by atomic mass is 9.95. The van der Waals surface area contributed by atoms with Crippen LogP contribution in [-0.2, 0) is 11.2 Å². The van der Waals surface area contributed by atoms with Gasteiger partial charge in [0.1, 0.15) is 11.6 Å². The quantitative estimate of drug-likeness (QED) is 0.901. The van der Waals surface area contributed by atoms with Crippen molar-refractivity contribution in [3.05, 3.63) is 59.9 Å².